The summed E-state index contributed by atoms with van der Waals surface area (Å²) in [6.07, 6.45) is 0.733. The van der Waals surface area contributed by atoms with Gasteiger partial charge in [-0.3, -0.25) is 4.79 Å². The summed E-state index contributed by atoms with van der Waals surface area (Å²) in [5.41, 5.74) is -0.681. The van der Waals surface area contributed by atoms with Crippen LogP contribution in [0.5, 0.6) is 23.0 Å². The number of halogens is 1. The van der Waals surface area contributed by atoms with E-state index in [2.05, 4.69) is 0 Å². The Hall–Kier alpha value is -3.35. The number of aliphatic hydroxyl groups is 1. The van der Waals surface area contributed by atoms with Crippen molar-refractivity contribution in [2.45, 2.75) is 25.9 Å². The fourth-order valence-electron chi connectivity index (χ4n) is 3.02. The molecule has 0 aliphatic carbocycles. The molecule has 0 radical (unpaired) electrons. The maximum absolute atomic E-state index is 11.9. The molecular weight excluding hydrogens is 432 g/mol. The molecule has 0 heterocycles. The summed E-state index contributed by atoms with van der Waals surface area (Å²) in [6, 6.07) is 18.7. The zero-order chi connectivity index (χ0) is 23.1. The quantitative estimate of drug-likeness (QED) is 0.335. The van der Waals surface area contributed by atoms with Crippen molar-refractivity contribution in [3.05, 3.63) is 82.9 Å². The molecule has 1 atom stereocenters. The van der Waals surface area contributed by atoms with E-state index in [1.807, 2.05) is 0 Å². The molecule has 0 aliphatic heterocycles. The van der Waals surface area contributed by atoms with Gasteiger partial charge in [-0.1, -0.05) is 23.7 Å². The van der Waals surface area contributed by atoms with Crippen molar-refractivity contribution < 1.29 is 28.9 Å². The Morgan fingerprint density at radius 2 is 1.69 bits per heavy atom. The maximum Gasteiger partial charge on any atom is 0.338 e. The summed E-state index contributed by atoms with van der Waals surface area (Å²) in [7, 11) is 0. The van der Waals surface area contributed by atoms with Crippen LogP contribution in [0.2, 0.25) is 5.02 Å². The number of esters is 1. The Morgan fingerprint density at radius 1 is 1.00 bits per heavy atom. The molecule has 0 unspecified atom stereocenters. The molecule has 0 amide bonds. The molecule has 1 N–H and O–H groups in total. The van der Waals surface area contributed by atoms with Crippen molar-refractivity contribution >= 4 is 23.9 Å². The second-order valence-corrected chi connectivity index (χ2v) is 7.73. The molecule has 0 aromatic heterocycles. The molecule has 0 saturated heterocycles. The van der Waals surface area contributed by atoms with Gasteiger partial charge in [-0.05, 0) is 74.0 Å². The molecule has 0 aliphatic rings. The third-order valence-electron chi connectivity index (χ3n) is 4.55. The number of carbonyl (C=O) groups excluding carboxylic acids is 2. The van der Waals surface area contributed by atoms with E-state index >= 15 is 0 Å². The van der Waals surface area contributed by atoms with E-state index in [1.165, 1.54) is 6.92 Å². The summed E-state index contributed by atoms with van der Waals surface area (Å²) < 4.78 is 16.6. The lowest BCUT2D eigenvalue weighted by Gasteiger charge is -2.21. The van der Waals surface area contributed by atoms with E-state index < -0.39 is 11.6 Å². The summed E-state index contributed by atoms with van der Waals surface area (Å²) >= 11 is 5.88. The lowest BCUT2D eigenvalue weighted by Crippen LogP contribution is -2.39. The molecule has 7 heteroatoms. The highest BCUT2D eigenvalue weighted by atomic mass is 35.5. The van der Waals surface area contributed by atoms with Crippen LogP contribution in [0, 0.1) is 0 Å². The van der Waals surface area contributed by atoms with E-state index in [-0.39, 0.29) is 13.0 Å². The minimum Gasteiger partial charge on any atom is -0.464 e. The highest BCUT2D eigenvalue weighted by Crippen LogP contribution is 2.31. The summed E-state index contributed by atoms with van der Waals surface area (Å²) in [5.74, 6) is 1.17. The highest BCUT2D eigenvalue weighted by Gasteiger charge is 2.32. The standard InChI is InChI=1S/C25H23ClO6/c1-3-30-24(28)25(2,29)15-17-5-4-6-21(13-17)32-23-12-11-22(14-18(23)16-27)31-20-9-7-19(26)8-10-20/h4-14,16,29H,3,15H2,1-2H3/t25-/m1/s1. The van der Waals surface area contributed by atoms with Gasteiger partial charge in [-0.2, -0.15) is 0 Å². The zero-order valence-corrected chi connectivity index (χ0v) is 18.5. The van der Waals surface area contributed by atoms with Gasteiger partial charge >= 0.3 is 5.97 Å². The zero-order valence-electron chi connectivity index (χ0n) is 17.7. The fourth-order valence-corrected chi connectivity index (χ4v) is 3.14. The number of hydrogen-bond donors (Lipinski definition) is 1. The Morgan fingerprint density at radius 3 is 2.38 bits per heavy atom. The second kappa shape index (κ2) is 10.3. The first-order chi connectivity index (χ1) is 15.3. The van der Waals surface area contributed by atoms with Crippen LogP contribution in [-0.2, 0) is 16.0 Å². The van der Waals surface area contributed by atoms with Crippen LogP contribution in [0.25, 0.3) is 0 Å². The van der Waals surface area contributed by atoms with Crippen LogP contribution in [0.3, 0.4) is 0 Å². The topological polar surface area (TPSA) is 82.1 Å². The number of ether oxygens (including phenoxy) is 3. The third-order valence-corrected chi connectivity index (χ3v) is 4.80. The lowest BCUT2D eigenvalue weighted by atomic mass is 9.96. The first-order valence-corrected chi connectivity index (χ1v) is 10.4. The molecular formula is C25H23ClO6. The first kappa shape index (κ1) is 23.3. The smallest absolute Gasteiger partial charge is 0.338 e. The van der Waals surface area contributed by atoms with Crippen LogP contribution in [-0.4, -0.2) is 29.6 Å². The lowest BCUT2D eigenvalue weighted by molar-refractivity contribution is -0.163. The van der Waals surface area contributed by atoms with E-state index in [9.17, 15) is 14.7 Å². The summed E-state index contributed by atoms with van der Waals surface area (Å²) in [6.45, 7) is 3.27. The molecule has 3 rings (SSSR count). The minimum absolute atomic E-state index is 0.0530. The van der Waals surface area contributed by atoms with E-state index in [1.54, 1.807) is 73.7 Å². The third kappa shape index (κ3) is 6.09. The van der Waals surface area contributed by atoms with Gasteiger partial charge < -0.3 is 19.3 Å². The molecule has 166 valence electrons. The van der Waals surface area contributed by atoms with Gasteiger partial charge in [0, 0.05) is 11.4 Å². The Balaban J connectivity index is 1.75. The molecule has 0 fully saturated rings. The monoisotopic (exact) mass is 454 g/mol. The van der Waals surface area contributed by atoms with E-state index in [4.69, 9.17) is 25.8 Å². The van der Waals surface area contributed by atoms with Gasteiger partial charge in [0.25, 0.3) is 0 Å². The number of carbonyl (C=O) groups is 2. The van der Waals surface area contributed by atoms with Crippen LogP contribution in [0.1, 0.15) is 29.8 Å². The number of aldehydes is 1. The van der Waals surface area contributed by atoms with Crippen molar-refractivity contribution in [2.24, 2.45) is 0 Å². The van der Waals surface area contributed by atoms with Gasteiger partial charge in [-0.15, -0.1) is 0 Å². The van der Waals surface area contributed by atoms with Crippen molar-refractivity contribution in [2.75, 3.05) is 6.61 Å². The number of rotatable bonds is 9. The van der Waals surface area contributed by atoms with Crippen LogP contribution < -0.4 is 9.47 Å². The first-order valence-electron chi connectivity index (χ1n) is 10.00. The second-order valence-electron chi connectivity index (χ2n) is 7.29. The Kier molecular flexibility index (Phi) is 7.51. The summed E-state index contributed by atoms with van der Waals surface area (Å²) in [5, 5.41) is 11.0. The number of benzene rings is 3. The van der Waals surface area contributed by atoms with Crippen molar-refractivity contribution in [3.8, 4) is 23.0 Å². The number of hydrogen-bond acceptors (Lipinski definition) is 6. The van der Waals surface area contributed by atoms with Gasteiger partial charge in [0.05, 0.1) is 12.2 Å². The van der Waals surface area contributed by atoms with Crippen molar-refractivity contribution in [1.29, 1.82) is 0 Å². The normalized spacial score (nSPS) is 12.5. The fraction of sp³-hybridized carbons (Fsp3) is 0.200. The largest absolute Gasteiger partial charge is 0.464 e. The molecule has 3 aromatic rings. The molecule has 3 aromatic carbocycles. The van der Waals surface area contributed by atoms with Crippen LogP contribution in [0.4, 0.5) is 0 Å². The molecule has 0 saturated carbocycles. The van der Waals surface area contributed by atoms with Crippen LogP contribution >= 0.6 is 11.6 Å². The van der Waals surface area contributed by atoms with Crippen LogP contribution in [0.15, 0.2) is 66.7 Å². The van der Waals surface area contributed by atoms with Gasteiger partial charge in [0.1, 0.15) is 23.0 Å². The van der Waals surface area contributed by atoms with Gasteiger partial charge in [0.2, 0.25) is 0 Å². The predicted octanol–water partition coefficient (Wildman–Crippen LogP) is 5.59. The van der Waals surface area contributed by atoms with E-state index in [0.717, 1.165) is 0 Å². The highest BCUT2D eigenvalue weighted by molar-refractivity contribution is 6.30. The maximum atomic E-state index is 11.9. The average Bonchev–Trinajstić information content (AvgIpc) is 2.76. The van der Waals surface area contributed by atoms with Crippen molar-refractivity contribution in [3.63, 3.8) is 0 Å². The minimum atomic E-state index is -1.66. The van der Waals surface area contributed by atoms with E-state index in [0.29, 0.717) is 45.4 Å². The summed E-state index contributed by atoms with van der Waals surface area (Å²) in [4.78, 5) is 23.6. The Bertz CT molecular complexity index is 1090. The Labute approximate surface area is 191 Å². The molecule has 6 nitrogen and oxygen atoms in total. The van der Waals surface area contributed by atoms with Crippen molar-refractivity contribution in [1.82, 2.24) is 0 Å². The molecule has 0 spiro atoms. The van der Waals surface area contributed by atoms with Gasteiger partial charge in [-0.25, -0.2) is 4.79 Å². The molecule has 0 bridgehead atoms. The predicted molar refractivity (Wildman–Crippen MR) is 121 cm³/mol. The van der Waals surface area contributed by atoms with Gasteiger partial charge in [0.15, 0.2) is 11.9 Å². The molecule has 32 heavy (non-hydrogen) atoms. The SMILES string of the molecule is CCOC(=O)[C@](C)(O)Cc1cccc(Oc2ccc(Oc3ccc(Cl)cc3)cc2C=O)c1. The average molecular weight is 455 g/mol.